The largest absolute Gasteiger partial charge is 0.490 e. The molecule has 200 valence electrons. The van der Waals surface area contributed by atoms with Crippen LogP contribution in [0.15, 0.2) is 42.6 Å². The van der Waals surface area contributed by atoms with Crippen molar-refractivity contribution in [1.82, 2.24) is 20.5 Å². The molecule has 0 radical (unpaired) electrons. The minimum absolute atomic E-state index is 0.0245. The summed E-state index contributed by atoms with van der Waals surface area (Å²) >= 11 is 0. The second kappa shape index (κ2) is 11.5. The normalized spacial score (nSPS) is 17.1. The molecule has 0 bridgehead atoms. The summed E-state index contributed by atoms with van der Waals surface area (Å²) in [5, 5.41) is 12.8. The fourth-order valence-electron chi connectivity index (χ4n) is 4.16. The van der Waals surface area contributed by atoms with Crippen molar-refractivity contribution in [3.05, 3.63) is 59.9 Å². The number of pyridine rings is 1. The van der Waals surface area contributed by atoms with E-state index >= 15 is 0 Å². The third-order valence-electron chi connectivity index (χ3n) is 6.09. The molecular formula is C23H24F5N5O4. The summed E-state index contributed by atoms with van der Waals surface area (Å²) in [4.78, 5) is 41.3. The van der Waals surface area contributed by atoms with Crippen molar-refractivity contribution in [3.8, 4) is 0 Å². The smallest absolute Gasteiger partial charge is 0.475 e. The molecule has 3 N–H and O–H groups in total. The van der Waals surface area contributed by atoms with E-state index in [4.69, 9.17) is 9.90 Å². The molecule has 4 rings (SSSR count). The maximum absolute atomic E-state index is 13.7. The van der Waals surface area contributed by atoms with Gasteiger partial charge in [-0.05, 0) is 43.2 Å². The van der Waals surface area contributed by atoms with Crippen LogP contribution in [0.1, 0.15) is 23.2 Å². The number of aliphatic carboxylic acids is 1. The Labute approximate surface area is 208 Å². The Morgan fingerprint density at radius 3 is 2.38 bits per heavy atom. The minimum Gasteiger partial charge on any atom is -0.475 e. The minimum atomic E-state index is -5.08. The number of carboxylic acid groups (broad SMARTS) is 1. The van der Waals surface area contributed by atoms with Crippen LogP contribution in [0.5, 0.6) is 0 Å². The van der Waals surface area contributed by atoms with Gasteiger partial charge in [-0.25, -0.2) is 14.2 Å². The second-order valence-corrected chi connectivity index (χ2v) is 8.37. The maximum atomic E-state index is 13.7. The highest BCUT2D eigenvalue weighted by Crippen LogP contribution is 2.36. The summed E-state index contributed by atoms with van der Waals surface area (Å²) in [6.45, 7) is 2.81. The third kappa shape index (κ3) is 6.90. The standard InChI is InChI=1S/C21H23F2N5O2.C2HF3O2/c22-16-2-1-3-17(12-16)28-14-26-20(30)21(28)6-9-27(10-7-21)11-8-24-19(29)15-4-5-18(23)25-13-15;3-2(4,5)1(6)7/h1-5,12-13H,6-11,14H2,(H,24,29)(H,26,30);(H,6,7). The van der Waals surface area contributed by atoms with Crippen LogP contribution in [0, 0.1) is 11.8 Å². The van der Waals surface area contributed by atoms with Crippen molar-refractivity contribution in [2.75, 3.05) is 37.7 Å². The summed E-state index contributed by atoms with van der Waals surface area (Å²) < 4.78 is 58.3. The van der Waals surface area contributed by atoms with E-state index in [0.717, 1.165) is 6.07 Å². The van der Waals surface area contributed by atoms with E-state index in [-0.39, 0.29) is 17.6 Å². The maximum Gasteiger partial charge on any atom is 0.490 e. The van der Waals surface area contributed by atoms with E-state index in [0.29, 0.717) is 56.9 Å². The van der Waals surface area contributed by atoms with Gasteiger partial charge in [-0.3, -0.25) is 9.59 Å². The van der Waals surface area contributed by atoms with Gasteiger partial charge in [0.25, 0.3) is 5.91 Å². The highest BCUT2D eigenvalue weighted by Gasteiger charge is 2.50. The van der Waals surface area contributed by atoms with Gasteiger partial charge in [0.2, 0.25) is 11.9 Å². The topological polar surface area (TPSA) is 115 Å². The Morgan fingerprint density at radius 2 is 1.81 bits per heavy atom. The number of carbonyl (C=O) groups excluding carboxylic acids is 2. The van der Waals surface area contributed by atoms with Crippen LogP contribution in [0.4, 0.5) is 27.6 Å². The molecular weight excluding hydrogens is 505 g/mol. The molecule has 2 aliphatic rings. The first-order valence-electron chi connectivity index (χ1n) is 11.2. The van der Waals surface area contributed by atoms with Crippen molar-refractivity contribution in [3.63, 3.8) is 0 Å². The quantitative estimate of drug-likeness (QED) is 0.402. The Morgan fingerprint density at radius 1 is 1.14 bits per heavy atom. The average Bonchev–Trinajstić information content (AvgIpc) is 3.16. The van der Waals surface area contributed by atoms with Crippen LogP contribution in [0.3, 0.4) is 0 Å². The summed E-state index contributed by atoms with van der Waals surface area (Å²) in [7, 11) is 0. The van der Waals surface area contributed by atoms with Gasteiger partial charge in [0.1, 0.15) is 11.4 Å². The number of aromatic nitrogens is 1. The molecule has 2 fully saturated rings. The van der Waals surface area contributed by atoms with Gasteiger partial charge >= 0.3 is 12.1 Å². The van der Waals surface area contributed by atoms with Crippen LogP contribution in [0.2, 0.25) is 0 Å². The number of piperidine rings is 1. The zero-order chi connectivity index (χ0) is 27.2. The zero-order valence-electron chi connectivity index (χ0n) is 19.4. The zero-order valence-corrected chi connectivity index (χ0v) is 19.4. The number of hydrogen-bond donors (Lipinski definition) is 3. The number of amides is 2. The molecule has 1 spiro atoms. The molecule has 1 aromatic carbocycles. The van der Waals surface area contributed by atoms with Crippen molar-refractivity contribution >= 4 is 23.5 Å². The van der Waals surface area contributed by atoms with Crippen LogP contribution in [-0.4, -0.2) is 77.3 Å². The average molecular weight is 529 g/mol. The fourth-order valence-corrected chi connectivity index (χ4v) is 4.16. The number of nitrogens with one attached hydrogen (secondary N) is 2. The second-order valence-electron chi connectivity index (χ2n) is 8.37. The molecule has 2 aliphatic heterocycles. The lowest BCUT2D eigenvalue weighted by Gasteiger charge is -2.43. The summed E-state index contributed by atoms with van der Waals surface area (Å²) in [5.74, 6) is -4.04. The number of carbonyl (C=O) groups is 3. The number of anilines is 1. The van der Waals surface area contributed by atoms with Crippen molar-refractivity contribution in [2.24, 2.45) is 0 Å². The number of rotatable bonds is 5. The molecule has 2 amide bonds. The first-order valence-corrected chi connectivity index (χ1v) is 11.2. The lowest BCUT2D eigenvalue weighted by Crippen LogP contribution is -2.57. The van der Waals surface area contributed by atoms with Gasteiger partial charge in [-0.1, -0.05) is 6.07 Å². The predicted molar refractivity (Wildman–Crippen MR) is 121 cm³/mol. The number of hydrogen-bond acceptors (Lipinski definition) is 6. The lowest BCUT2D eigenvalue weighted by molar-refractivity contribution is -0.192. The van der Waals surface area contributed by atoms with Crippen LogP contribution in [0.25, 0.3) is 0 Å². The number of carboxylic acids is 1. The van der Waals surface area contributed by atoms with Crippen LogP contribution in [-0.2, 0) is 9.59 Å². The molecule has 37 heavy (non-hydrogen) atoms. The molecule has 14 heteroatoms. The van der Waals surface area contributed by atoms with E-state index in [2.05, 4.69) is 20.5 Å². The van der Waals surface area contributed by atoms with Gasteiger partial charge in [0.15, 0.2) is 0 Å². The van der Waals surface area contributed by atoms with Crippen LogP contribution < -0.4 is 15.5 Å². The molecule has 0 unspecified atom stereocenters. The van der Waals surface area contributed by atoms with Gasteiger partial charge < -0.3 is 25.5 Å². The highest BCUT2D eigenvalue weighted by molar-refractivity contribution is 5.94. The van der Waals surface area contributed by atoms with Crippen molar-refractivity contribution in [1.29, 1.82) is 0 Å². The fraction of sp³-hybridized carbons (Fsp3) is 0.391. The Bertz CT molecular complexity index is 1120. The molecule has 2 aromatic rings. The molecule has 0 aliphatic carbocycles. The Hall–Kier alpha value is -3.81. The molecule has 2 saturated heterocycles. The van der Waals surface area contributed by atoms with E-state index in [9.17, 15) is 31.5 Å². The number of halogens is 5. The number of benzene rings is 1. The molecule has 3 heterocycles. The predicted octanol–water partition coefficient (Wildman–Crippen LogP) is 2.15. The SMILES string of the molecule is O=C(NCCN1CCC2(CC1)C(=O)NCN2c1cccc(F)c1)c1ccc(F)nc1.O=C(O)C(F)(F)F. The third-order valence-corrected chi connectivity index (χ3v) is 6.09. The summed E-state index contributed by atoms with van der Waals surface area (Å²) in [6, 6.07) is 8.85. The Kier molecular flexibility index (Phi) is 8.63. The first kappa shape index (κ1) is 27.8. The molecule has 9 nitrogen and oxygen atoms in total. The van der Waals surface area contributed by atoms with Crippen LogP contribution >= 0.6 is 0 Å². The van der Waals surface area contributed by atoms with Gasteiger partial charge in [-0.15, -0.1) is 0 Å². The number of nitrogens with zero attached hydrogens (tertiary/aromatic N) is 3. The number of likely N-dealkylation sites (tertiary alicyclic amines) is 1. The lowest BCUT2D eigenvalue weighted by atomic mass is 9.85. The van der Waals surface area contributed by atoms with Gasteiger partial charge in [-0.2, -0.15) is 17.6 Å². The van der Waals surface area contributed by atoms with Gasteiger partial charge in [0, 0.05) is 38.1 Å². The summed E-state index contributed by atoms with van der Waals surface area (Å²) in [6.07, 6.45) is -2.65. The molecule has 1 aromatic heterocycles. The van der Waals surface area contributed by atoms with E-state index in [1.165, 1.54) is 24.4 Å². The van der Waals surface area contributed by atoms with Crippen molar-refractivity contribution < 1.29 is 41.4 Å². The van der Waals surface area contributed by atoms with E-state index < -0.39 is 23.6 Å². The highest BCUT2D eigenvalue weighted by atomic mass is 19.4. The molecule has 0 atom stereocenters. The van der Waals surface area contributed by atoms with E-state index in [1.807, 2.05) is 11.0 Å². The van der Waals surface area contributed by atoms with Crippen molar-refractivity contribution in [2.45, 2.75) is 24.6 Å². The summed E-state index contributed by atoms with van der Waals surface area (Å²) in [5.41, 5.74) is 0.331. The Balaban J connectivity index is 0.000000479. The van der Waals surface area contributed by atoms with E-state index in [1.54, 1.807) is 6.07 Å². The molecule has 0 saturated carbocycles. The first-order chi connectivity index (χ1) is 17.4. The number of alkyl halides is 3. The van der Waals surface area contributed by atoms with Gasteiger partial charge in [0.05, 0.1) is 12.2 Å². The monoisotopic (exact) mass is 529 g/mol.